The number of amides is 1. The molecule has 0 saturated carbocycles. The Hall–Kier alpha value is -3.26. The Morgan fingerprint density at radius 2 is 2.02 bits per heavy atom. The number of carbonyl (C=O) groups is 1. The number of hydrogen-bond donors (Lipinski definition) is 3. The van der Waals surface area contributed by atoms with Gasteiger partial charge < -0.3 is 20.2 Å². The fraction of sp³-hybridized carbons (Fsp3) is 0.393. The molecule has 0 radical (unpaired) electrons. The predicted octanol–water partition coefficient (Wildman–Crippen LogP) is 3.88. The SMILES string of the molecule is CCS(=O)(=O)N1CCC(Nc2c(Br)cnc3[nH]c(-c4cc(C)n(-c5cccc(C(=O)NCN(C)C)c5)c4C)nc23)C1. The average molecular weight is 644 g/mol. The second-order valence-electron chi connectivity index (χ2n) is 10.6. The number of nitrogens with one attached hydrogen (secondary N) is 3. The number of pyridine rings is 1. The van der Waals surface area contributed by atoms with E-state index in [4.69, 9.17) is 4.98 Å². The number of halogens is 1. The Morgan fingerprint density at radius 3 is 2.76 bits per heavy atom. The Labute approximate surface area is 248 Å². The zero-order chi connectivity index (χ0) is 29.5. The van der Waals surface area contributed by atoms with Crippen molar-refractivity contribution in [2.24, 2.45) is 0 Å². The molecule has 1 aromatic carbocycles. The van der Waals surface area contributed by atoms with E-state index < -0.39 is 10.0 Å². The second-order valence-corrected chi connectivity index (χ2v) is 13.7. The number of anilines is 1. The van der Waals surface area contributed by atoms with Gasteiger partial charge in [0.25, 0.3) is 5.91 Å². The molecule has 0 aliphatic carbocycles. The minimum Gasteiger partial charge on any atom is -0.378 e. The molecule has 1 aliphatic heterocycles. The van der Waals surface area contributed by atoms with Crippen molar-refractivity contribution in [3.05, 3.63) is 58.0 Å². The number of imidazole rings is 1. The minimum absolute atomic E-state index is 0.0364. The quantitative estimate of drug-likeness (QED) is 0.236. The summed E-state index contributed by atoms with van der Waals surface area (Å²) < 4.78 is 29.1. The highest BCUT2D eigenvalue weighted by Crippen LogP contribution is 2.34. The lowest BCUT2D eigenvalue weighted by Gasteiger charge is -2.17. The van der Waals surface area contributed by atoms with Crippen molar-refractivity contribution in [3.63, 3.8) is 0 Å². The van der Waals surface area contributed by atoms with Crippen LogP contribution in [0.1, 0.15) is 35.1 Å². The van der Waals surface area contributed by atoms with Gasteiger partial charge in [-0.05, 0) is 81.5 Å². The number of fused-ring (bicyclic) bond motifs is 1. The molecule has 1 fully saturated rings. The predicted molar refractivity (Wildman–Crippen MR) is 165 cm³/mol. The summed E-state index contributed by atoms with van der Waals surface area (Å²) in [6.07, 6.45) is 2.43. The topological polar surface area (TPSA) is 128 Å². The first-order valence-corrected chi connectivity index (χ1v) is 15.9. The van der Waals surface area contributed by atoms with Crippen LogP contribution < -0.4 is 10.6 Å². The first-order valence-electron chi connectivity index (χ1n) is 13.5. The molecule has 1 aliphatic rings. The van der Waals surface area contributed by atoms with Crippen molar-refractivity contribution < 1.29 is 13.2 Å². The first-order chi connectivity index (χ1) is 19.5. The van der Waals surface area contributed by atoms with E-state index in [9.17, 15) is 13.2 Å². The zero-order valence-corrected chi connectivity index (χ0v) is 26.2. The van der Waals surface area contributed by atoms with E-state index in [2.05, 4.69) is 47.2 Å². The number of carbonyl (C=O) groups excluding carboxylic acids is 1. The van der Waals surface area contributed by atoms with Gasteiger partial charge in [0.15, 0.2) is 5.65 Å². The van der Waals surface area contributed by atoms with Crippen LogP contribution >= 0.6 is 15.9 Å². The molecule has 3 N–H and O–H groups in total. The third-order valence-corrected chi connectivity index (χ3v) is 9.78. The lowest BCUT2D eigenvalue weighted by atomic mass is 10.1. The summed E-state index contributed by atoms with van der Waals surface area (Å²) in [4.78, 5) is 27.4. The summed E-state index contributed by atoms with van der Waals surface area (Å²) in [6, 6.07) is 9.59. The monoisotopic (exact) mass is 642 g/mol. The zero-order valence-electron chi connectivity index (χ0n) is 23.8. The number of benzene rings is 1. The Balaban J connectivity index is 1.45. The van der Waals surface area contributed by atoms with E-state index in [1.54, 1.807) is 17.4 Å². The normalized spacial score (nSPS) is 16.1. The van der Waals surface area contributed by atoms with E-state index in [-0.39, 0.29) is 17.7 Å². The van der Waals surface area contributed by atoms with Crippen LogP contribution in [0.25, 0.3) is 28.2 Å². The average Bonchev–Trinajstić information content (AvgIpc) is 3.66. The van der Waals surface area contributed by atoms with Crippen molar-refractivity contribution in [2.45, 2.75) is 33.2 Å². The lowest BCUT2D eigenvalue weighted by Crippen LogP contribution is -2.33. The van der Waals surface area contributed by atoms with Gasteiger partial charge in [0.05, 0.1) is 22.6 Å². The highest BCUT2D eigenvalue weighted by molar-refractivity contribution is 9.10. The Bertz CT molecular complexity index is 1710. The molecule has 41 heavy (non-hydrogen) atoms. The Kier molecular flexibility index (Phi) is 8.24. The highest BCUT2D eigenvalue weighted by Gasteiger charge is 2.31. The number of aromatic amines is 1. The van der Waals surface area contributed by atoms with E-state index >= 15 is 0 Å². The minimum atomic E-state index is -3.23. The van der Waals surface area contributed by atoms with Gasteiger partial charge in [-0.25, -0.2) is 18.4 Å². The lowest BCUT2D eigenvalue weighted by molar-refractivity contribution is 0.0935. The molecule has 0 bridgehead atoms. The summed E-state index contributed by atoms with van der Waals surface area (Å²) in [5.41, 5.74) is 6.45. The highest BCUT2D eigenvalue weighted by atomic mass is 79.9. The standard InChI is InChI=1S/C28H35BrN8O3S/c1-6-41(39,40)36-11-10-20(15-36)32-24-23(29)14-30-27-25(24)33-26(34-27)22-12-17(2)37(18(22)3)21-9-7-8-19(13-21)28(38)31-16-35(4)5/h7-9,12-14,20H,6,10-11,15-16H2,1-5H3,(H,31,38)(H2,30,32,33,34). The summed E-state index contributed by atoms with van der Waals surface area (Å²) in [6.45, 7) is 7.08. The fourth-order valence-corrected chi connectivity index (χ4v) is 6.76. The molecule has 1 saturated heterocycles. The molecule has 13 heteroatoms. The molecule has 1 unspecified atom stereocenters. The van der Waals surface area contributed by atoms with Crippen molar-refractivity contribution in [1.82, 2.24) is 34.0 Å². The van der Waals surface area contributed by atoms with Gasteiger partial charge in [-0.15, -0.1) is 0 Å². The molecule has 4 heterocycles. The molecule has 4 aromatic rings. The van der Waals surface area contributed by atoms with Gasteiger partial charge in [0, 0.05) is 53.5 Å². The van der Waals surface area contributed by atoms with Crippen LogP contribution in [0.4, 0.5) is 5.69 Å². The van der Waals surface area contributed by atoms with Crippen LogP contribution in [0.15, 0.2) is 41.0 Å². The number of nitrogens with zero attached hydrogens (tertiary/aromatic N) is 5. The summed E-state index contributed by atoms with van der Waals surface area (Å²) >= 11 is 3.61. The van der Waals surface area contributed by atoms with Crippen LogP contribution in [0.3, 0.4) is 0 Å². The molecule has 5 rings (SSSR count). The molecule has 3 aromatic heterocycles. The molecule has 1 amide bonds. The molecule has 218 valence electrons. The van der Waals surface area contributed by atoms with Crippen LogP contribution in [0.2, 0.25) is 0 Å². The van der Waals surface area contributed by atoms with Gasteiger partial charge >= 0.3 is 0 Å². The molecular weight excluding hydrogens is 608 g/mol. The van der Waals surface area contributed by atoms with Gasteiger partial charge in [-0.1, -0.05) is 6.07 Å². The van der Waals surface area contributed by atoms with Crippen LogP contribution in [0.5, 0.6) is 0 Å². The smallest absolute Gasteiger partial charge is 0.252 e. The van der Waals surface area contributed by atoms with Crippen molar-refractivity contribution in [1.29, 1.82) is 0 Å². The van der Waals surface area contributed by atoms with Crippen LogP contribution in [0, 0.1) is 13.8 Å². The molecular formula is C28H35BrN8O3S. The molecule has 1 atom stereocenters. The van der Waals surface area contributed by atoms with Crippen LogP contribution in [-0.2, 0) is 10.0 Å². The third kappa shape index (κ3) is 5.89. The van der Waals surface area contributed by atoms with Gasteiger partial charge in [-0.3, -0.25) is 9.69 Å². The summed E-state index contributed by atoms with van der Waals surface area (Å²) in [7, 11) is 0.572. The van der Waals surface area contributed by atoms with Crippen molar-refractivity contribution >= 4 is 48.7 Å². The first kappa shape index (κ1) is 29.2. The van der Waals surface area contributed by atoms with E-state index in [0.717, 1.165) is 32.8 Å². The second kappa shape index (κ2) is 11.6. The van der Waals surface area contributed by atoms with Gasteiger partial charge in [-0.2, -0.15) is 4.31 Å². The number of H-pyrrole nitrogens is 1. The largest absolute Gasteiger partial charge is 0.378 e. The number of aromatic nitrogens is 4. The van der Waals surface area contributed by atoms with Crippen LogP contribution in [-0.4, -0.2) is 88.7 Å². The van der Waals surface area contributed by atoms with E-state index in [0.29, 0.717) is 48.7 Å². The van der Waals surface area contributed by atoms with Gasteiger partial charge in [0.2, 0.25) is 10.0 Å². The number of sulfonamides is 1. The van der Waals surface area contributed by atoms with E-state index in [1.807, 2.05) is 57.1 Å². The molecule has 11 nitrogen and oxygen atoms in total. The third-order valence-electron chi connectivity index (χ3n) is 7.33. The maximum atomic E-state index is 12.7. The number of hydrogen-bond acceptors (Lipinski definition) is 7. The fourth-order valence-electron chi connectivity index (χ4n) is 5.20. The maximum absolute atomic E-state index is 12.7. The molecule has 0 spiro atoms. The Morgan fingerprint density at radius 1 is 1.24 bits per heavy atom. The number of rotatable bonds is 9. The summed E-state index contributed by atoms with van der Waals surface area (Å²) in [5, 5.41) is 6.43. The summed E-state index contributed by atoms with van der Waals surface area (Å²) in [5.74, 6) is 0.641. The van der Waals surface area contributed by atoms with Crippen molar-refractivity contribution in [3.8, 4) is 17.1 Å². The van der Waals surface area contributed by atoms with E-state index in [1.165, 1.54) is 0 Å². The number of aryl methyl sites for hydroxylation is 1. The van der Waals surface area contributed by atoms with Gasteiger partial charge in [0.1, 0.15) is 11.3 Å². The van der Waals surface area contributed by atoms with Crippen molar-refractivity contribution in [2.75, 3.05) is 44.9 Å². The maximum Gasteiger partial charge on any atom is 0.252 e.